The molecular formula is C25H26ClN5O. The van der Waals surface area contributed by atoms with Gasteiger partial charge in [-0.2, -0.15) is 0 Å². The molecule has 0 spiro atoms. The first-order valence-corrected chi connectivity index (χ1v) is 11.5. The fraction of sp³-hybridized carbons (Fsp3) is 0.280. The molecule has 3 heterocycles. The SMILES string of the molecule is CCc1ccc(NC(=O)N2CCCN(c3nc4cc(Cl)ccc4n4cccc34)CC2)cc1. The molecule has 1 aliphatic heterocycles. The molecule has 5 rings (SSSR count). The number of amides is 2. The first kappa shape index (κ1) is 20.6. The van der Waals surface area contributed by atoms with E-state index in [9.17, 15) is 4.79 Å². The summed E-state index contributed by atoms with van der Waals surface area (Å²) in [4.78, 5) is 22.0. The highest BCUT2D eigenvalue weighted by Crippen LogP contribution is 2.28. The normalized spacial score (nSPS) is 14.7. The van der Waals surface area contributed by atoms with E-state index in [4.69, 9.17) is 16.6 Å². The van der Waals surface area contributed by atoms with Crippen LogP contribution in [0.1, 0.15) is 18.9 Å². The Labute approximate surface area is 192 Å². The quantitative estimate of drug-likeness (QED) is 0.454. The van der Waals surface area contributed by atoms with Crippen LogP contribution in [0, 0.1) is 0 Å². The molecule has 1 N–H and O–H groups in total. The van der Waals surface area contributed by atoms with Crippen molar-refractivity contribution < 1.29 is 4.79 Å². The highest BCUT2D eigenvalue weighted by Gasteiger charge is 2.22. The van der Waals surface area contributed by atoms with Crippen molar-refractivity contribution in [2.75, 3.05) is 36.4 Å². The van der Waals surface area contributed by atoms with E-state index < -0.39 is 0 Å². The molecule has 0 unspecified atom stereocenters. The van der Waals surface area contributed by atoms with E-state index in [1.54, 1.807) is 0 Å². The van der Waals surface area contributed by atoms with Crippen LogP contribution in [0.15, 0.2) is 60.8 Å². The molecule has 1 saturated heterocycles. The summed E-state index contributed by atoms with van der Waals surface area (Å²) in [7, 11) is 0. The predicted octanol–water partition coefficient (Wildman–Crippen LogP) is 5.45. The van der Waals surface area contributed by atoms with Crippen LogP contribution in [-0.4, -0.2) is 46.5 Å². The lowest BCUT2D eigenvalue weighted by molar-refractivity contribution is 0.215. The monoisotopic (exact) mass is 447 g/mol. The summed E-state index contributed by atoms with van der Waals surface area (Å²) in [6, 6.07) is 17.9. The maximum absolute atomic E-state index is 12.9. The molecule has 1 fully saturated rings. The van der Waals surface area contributed by atoms with Crippen molar-refractivity contribution in [2.24, 2.45) is 0 Å². The molecule has 0 bridgehead atoms. The van der Waals surface area contributed by atoms with Gasteiger partial charge >= 0.3 is 6.03 Å². The fourth-order valence-electron chi connectivity index (χ4n) is 4.33. The first-order chi connectivity index (χ1) is 15.6. The lowest BCUT2D eigenvalue weighted by atomic mass is 10.1. The molecule has 4 aromatic rings. The van der Waals surface area contributed by atoms with Crippen molar-refractivity contribution in [3.8, 4) is 0 Å². The van der Waals surface area contributed by atoms with Gasteiger partial charge in [0.2, 0.25) is 0 Å². The molecule has 0 aliphatic carbocycles. The summed E-state index contributed by atoms with van der Waals surface area (Å²) < 4.78 is 2.16. The number of carbonyl (C=O) groups is 1. The van der Waals surface area contributed by atoms with Gasteiger partial charge in [0.1, 0.15) is 0 Å². The number of benzene rings is 2. The Kier molecular flexibility index (Phi) is 5.62. The lowest BCUT2D eigenvalue weighted by Gasteiger charge is -2.24. The number of urea groups is 1. The van der Waals surface area contributed by atoms with E-state index in [-0.39, 0.29) is 6.03 Å². The third-order valence-corrected chi connectivity index (χ3v) is 6.33. The molecule has 1 aliphatic rings. The van der Waals surface area contributed by atoms with Gasteiger partial charge in [0.05, 0.1) is 16.6 Å². The molecular weight excluding hydrogens is 422 g/mol. The standard InChI is InChI=1S/C25H26ClN5O/c1-2-18-6-9-20(10-7-18)27-25(32)30-13-4-12-29(15-16-30)24-23-5-3-14-31(23)22-11-8-19(26)17-21(22)28-24/h3,5-11,14,17H,2,4,12-13,15-16H2,1H3,(H,27,32). The third kappa shape index (κ3) is 3.98. The topological polar surface area (TPSA) is 52.9 Å². The van der Waals surface area contributed by atoms with Gasteiger partial charge in [-0.25, -0.2) is 9.78 Å². The summed E-state index contributed by atoms with van der Waals surface area (Å²) in [6.07, 6.45) is 3.92. The number of rotatable bonds is 3. The number of anilines is 2. The van der Waals surface area contributed by atoms with E-state index in [0.717, 1.165) is 54.0 Å². The van der Waals surface area contributed by atoms with Crippen LogP contribution in [0.4, 0.5) is 16.3 Å². The van der Waals surface area contributed by atoms with Crippen LogP contribution >= 0.6 is 11.6 Å². The first-order valence-electron chi connectivity index (χ1n) is 11.1. The maximum atomic E-state index is 12.9. The van der Waals surface area contributed by atoms with Gasteiger partial charge in [0.25, 0.3) is 0 Å². The van der Waals surface area contributed by atoms with Gasteiger partial charge in [-0.3, -0.25) is 0 Å². The van der Waals surface area contributed by atoms with Crippen LogP contribution in [0.5, 0.6) is 0 Å². The number of nitrogens with one attached hydrogen (secondary N) is 1. The number of aryl methyl sites for hydroxylation is 1. The predicted molar refractivity (Wildman–Crippen MR) is 131 cm³/mol. The summed E-state index contributed by atoms with van der Waals surface area (Å²) in [6.45, 7) is 5.04. The maximum Gasteiger partial charge on any atom is 0.321 e. The van der Waals surface area contributed by atoms with Gasteiger partial charge in [0.15, 0.2) is 5.82 Å². The second-order valence-electron chi connectivity index (χ2n) is 8.14. The highest BCUT2D eigenvalue weighted by molar-refractivity contribution is 6.31. The number of carbonyl (C=O) groups excluding carboxylic acids is 1. The second-order valence-corrected chi connectivity index (χ2v) is 8.58. The number of fused-ring (bicyclic) bond motifs is 3. The number of halogens is 1. The number of hydrogen-bond donors (Lipinski definition) is 1. The van der Waals surface area contributed by atoms with Crippen molar-refractivity contribution >= 4 is 45.7 Å². The Hall–Kier alpha value is -3.25. The number of hydrogen-bond acceptors (Lipinski definition) is 3. The zero-order valence-corrected chi connectivity index (χ0v) is 18.8. The van der Waals surface area contributed by atoms with Crippen molar-refractivity contribution in [2.45, 2.75) is 19.8 Å². The van der Waals surface area contributed by atoms with Crippen molar-refractivity contribution in [1.29, 1.82) is 0 Å². The Morgan fingerprint density at radius 3 is 2.69 bits per heavy atom. The molecule has 0 radical (unpaired) electrons. The molecule has 32 heavy (non-hydrogen) atoms. The summed E-state index contributed by atoms with van der Waals surface area (Å²) in [5.74, 6) is 0.933. The lowest BCUT2D eigenvalue weighted by Crippen LogP contribution is -2.38. The van der Waals surface area contributed by atoms with Gasteiger partial charge in [0, 0.05) is 43.1 Å². The Bertz CT molecular complexity index is 1270. The van der Waals surface area contributed by atoms with Crippen LogP contribution in [0.25, 0.3) is 16.6 Å². The van der Waals surface area contributed by atoms with Gasteiger partial charge in [-0.1, -0.05) is 30.7 Å². The Balaban J connectivity index is 1.35. The van der Waals surface area contributed by atoms with Gasteiger partial charge in [-0.05, 0) is 60.9 Å². The Morgan fingerprint density at radius 2 is 1.88 bits per heavy atom. The summed E-state index contributed by atoms with van der Waals surface area (Å²) >= 11 is 6.23. The zero-order valence-electron chi connectivity index (χ0n) is 18.1. The average Bonchev–Trinajstić information content (AvgIpc) is 3.16. The van der Waals surface area contributed by atoms with Crippen molar-refractivity contribution in [3.63, 3.8) is 0 Å². The minimum Gasteiger partial charge on any atom is -0.353 e. The minimum absolute atomic E-state index is 0.0535. The second kappa shape index (κ2) is 8.71. The van der Waals surface area contributed by atoms with E-state index in [2.05, 4.69) is 45.9 Å². The molecule has 6 nitrogen and oxygen atoms in total. The summed E-state index contributed by atoms with van der Waals surface area (Å²) in [5.41, 5.74) is 5.05. The largest absolute Gasteiger partial charge is 0.353 e. The van der Waals surface area contributed by atoms with E-state index in [1.807, 2.05) is 41.3 Å². The van der Waals surface area contributed by atoms with E-state index in [1.165, 1.54) is 5.56 Å². The molecule has 2 amide bonds. The summed E-state index contributed by atoms with van der Waals surface area (Å²) in [5, 5.41) is 3.71. The third-order valence-electron chi connectivity index (χ3n) is 6.10. The fourth-order valence-corrected chi connectivity index (χ4v) is 4.49. The van der Waals surface area contributed by atoms with Gasteiger partial charge in [-0.15, -0.1) is 0 Å². The van der Waals surface area contributed by atoms with E-state index in [0.29, 0.717) is 18.1 Å². The average molecular weight is 448 g/mol. The zero-order chi connectivity index (χ0) is 22.1. The Morgan fingerprint density at radius 1 is 1.03 bits per heavy atom. The van der Waals surface area contributed by atoms with Crippen LogP contribution in [-0.2, 0) is 6.42 Å². The van der Waals surface area contributed by atoms with Crippen molar-refractivity contribution in [3.05, 3.63) is 71.4 Å². The molecule has 2 aromatic heterocycles. The molecule has 0 saturated carbocycles. The van der Waals surface area contributed by atoms with Crippen molar-refractivity contribution in [1.82, 2.24) is 14.3 Å². The van der Waals surface area contributed by atoms with E-state index >= 15 is 0 Å². The van der Waals surface area contributed by atoms with Crippen LogP contribution in [0.2, 0.25) is 5.02 Å². The molecule has 7 heteroatoms. The minimum atomic E-state index is -0.0535. The number of nitrogens with zero attached hydrogens (tertiary/aromatic N) is 4. The van der Waals surface area contributed by atoms with Crippen LogP contribution < -0.4 is 10.2 Å². The highest BCUT2D eigenvalue weighted by atomic mass is 35.5. The van der Waals surface area contributed by atoms with Gasteiger partial charge < -0.3 is 19.5 Å². The van der Waals surface area contributed by atoms with Crippen LogP contribution in [0.3, 0.4) is 0 Å². The molecule has 2 aromatic carbocycles. The molecule has 0 atom stereocenters. The molecule has 164 valence electrons. The number of aromatic nitrogens is 2. The smallest absolute Gasteiger partial charge is 0.321 e.